The molecule has 0 aliphatic rings. The van der Waals surface area contributed by atoms with E-state index < -0.39 is 27.9 Å². The van der Waals surface area contributed by atoms with Crippen molar-refractivity contribution in [3.05, 3.63) is 23.8 Å². The fraction of sp³-hybridized carbons (Fsp3) is 0.417. The second kappa shape index (κ2) is 5.43. The van der Waals surface area contributed by atoms with Gasteiger partial charge in [0.25, 0.3) is 0 Å². The van der Waals surface area contributed by atoms with E-state index in [0.717, 1.165) is 38.3 Å². The molecule has 20 heavy (non-hydrogen) atoms. The first-order chi connectivity index (χ1) is 8.93. The summed E-state index contributed by atoms with van der Waals surface area (Å²) in [5, 5.41) is 0. The van der Waals surface area contributed by atoms with Crippen LogP contribution in [0.15, 0.2) is 23.1 Å². The molecule has 0 amide bonds. The lowest BCUT2D eigenvalue weighted by atomic mass is 10.1. The first-order valence-electron chi connectivity index (χ1n) is 5.51. The predicted molar refractivity (Wildman–Crippen MR) is 65.7 cm³/mol. The fourth-order valence-electron chi connectivity index (χ4n) is 1.37. The number of Topliss-reactive ketones (excluding diaryl/α,β-unsaturated/α-hetero) is 1. The Labute approximate surface area is 114 Å². The molecule has 0 radical (unpaired) electrons. The zero-order valence-electron chi connectivity index (χ0n) is 11.0. The van der Waals surface area contributed by atoms with E-state index >= 15 is 0 Å². The summed E-state index contributed by atoms with van der Waals surface area (Å²) in [6.45, 7) is 1.92. The average molecular weight is 310 g/mol. The summed E-state index contributed by atoms with van der Waals surface area (Å²) in [4.78, 5) is 11.3. The normalized spacial score (nSPS) is 13.9. The first-order valence-corrected chi connectivity index (χ1v) is 7.40. The minimum Gasteiger partial charge on any atom is -0.480 e. The lowest BCUT2D eigenvalue weighted by Crippen LogP contribution is -2.31. The highest BCUT2D eigenvalue weighted by Gasteiger charge is 2.38. The molecule has 0 saturated heterocycles. The second-order valence-corrected chi connectivity index (χ2v) is 6.30. The van der Waals surface area contributed by atoms with Gasteiger partial charge in [0.2, 0.25) is 0 Å². The summed E-state index contributed by atoms with van der Waals surface area (Å²) in [7, 11) is -3.56. The number of alkyl halides is 3. The van der Waals surface area contributed by atoms with Crippen molar-refractivity contribution in [2.45, 2.75) is 31.0 Å². The summed E-state index contributed by atoms with van der Waals surface area (Å²) >= 11 is 0. The van der Waals surface area contributed by atoms with Crippen molar-refractivity contribution >= 4 is 15.6 Å². The van der Waals surface area contributed by atoms with Crippen LogP contribution in [-0.2, 0) is 9.84 Å². The van der Waals surface area contributed by atoms with Crippen molar-refractivity contribution < 1.29 is 31.1 Å². The molecule has 0 spiro atoms. The van der Waals surface area contributed by atoms with Crippen LogP contribution in [0.2, 0.25) is 0 Å². The van der Waals surface area contributed by atoms with Crippen molar-refractivity contribution in [2.24, 2.45) is 0 Å². The van der Waals surface area contributed by atoms with E-state index in [1.807, 2.05) is 0 Å². The van der Waals surface area contributed by atoms with E-state index in [-0.39, 0.29) is 16.2 Å². The number of rotatable bonds is 4. The number of carbonyl (C=O) groups excluding carboxylic acids is 1. The van der Waals surface area contributed by atoms with Gasteiger partial charge in [-0.1, -0.05) is 0 Å². The molecular weight excluding hydrogens is 297 g/mol. The van der Waals surface area contributed by atoms with E-state index in [1.54, 1.807) is 0 Å². The van der Waals surface area contributed by atoms with Crippen LogP contribution in [0, 0.1) is 0 Å². The minimum atomic E-state index is -4.58. The molecule has 112 valence electrons. The van der Waals surface area contributed by atoms with E-state index in [4.69, 9.17) is 4.74 Å². The van der Waals surface area contributed by atoms with E-state index in [9.17, 15) is 26.4 Å². The number of ketones is 1. The Morgan fingerprint density at radius 1 is 1.30 bits per heavy atom. The molecule has 0 fully saturated rings. The maximum absolute atomic E-state index is 12.4. The second-order valence-electron chi connectivity index (χ2n) is 4.29. The zero-order valence-corrected chi connectivity index (χ0v) is 11.8. The van der Waals surface area contributed by atoms with Gasteiger partial charge in [0.15, 0.2) is 21.7 Å². The third kappa shape index (κ3) is 3.96. The van der Waals surface area contributed by atoms with Crippen LogP contribution >= 0.6 is 0 Å². The van der Waals surface area contributed by atoms with Crippen LogP contribution in [0.3, 0.4) is 0 Å². The van der Waals surface area contributed by atoms with Gasteiger partial charge in [-0.3, -0.25) is 4.79 Å². The molecule has 0 aliphatic heterocycles. The fourth-order valence-corrected chi connectivity index (χ4v) is 2.02. The molecular formula is C12H13F3O4S. The van der Waals surface area contributed by atoms with Crippen LogP contribution in [0.4, 0.5) is 13.2 Å². The third-order valence-electron chi connectivity index (χ3n) is 2.52. The monoisotopic (exact) mass is 310 g/mol. The van der Waals surface area contributed by atoms with E-state index in [1.165, 1.54) is 0 Å². The van der Waals surface area contributed by atoms with Gasteiger partial charge in [-0.05, 0) is 32.0 Å². The Balaban J connectivity index is 3.25. The highest BCUT2D eigenvalue weighted by atomic mass is 32.2. The summed E-state index contributed by atoms with van der Waals surface area (Å²) in [5.41, 5.74) is -0.205. The molecule has 8 heteroatoms. The van der Waals surface area contributed by atoms with Gasteiger partial charge in [-0.2, -0.15) is 13.2 Å². The lowest BCUT2D eigenvalue weighted by molar-refractivity contribution is -0.189. The molecule has 1 rings (SSSR count). The summed E-state index contributed by atoms with van der Waals surface area (Å²) in [5.74, 6) is -0.880. The summed E-state index contributed by atoms with van der Waals surface area (Å²) < 4.78 is 64.7. The van der Waals surface area contributed by atoms with Crippen molar-refractivity contribution in [1.82, 2.24) is 0 Å². The molecule has 1 unspecified atom stereocenters. The molecule has 1 atom stereocenters. The smallest absolute Gasteiger partial charge is 0.425 e. The summed E-state index contributed by atoms with van der Waals surface area (Å²) in [6.07, 6.45) is -5.75. The van der Waals surface area contributed by atoms with Crippen molar-refractivity contribution in [2.75, 3.05) is 6.26 Å². The predicted octanol–water partition coefficient (Wildman–Crippen LogP) is 2.62. The molecule has 0 aliphatic carbocycles. The third-order valence-corrected chi connectivity index (χ3v) is 3.63. The largest absolute Gasteiger partial charge is 0.480 e. The number of ether oxygens (including phenoxy) is 1. The number of hydrogen-bond acceptors (Lipinski definition) is 4. The number of carbonyl (C=O) groups is 1. The molecule has 1 aromatic rings. The van der Waals surface area contributed by atoms with Crippen LogP contribution in [0.1, 0.15) is 24.2 Å². The van der Waals surface area contributed by atoms with Crippen molar-refractivity contribution in [1.29, 1.82) is 0 Å². The van der Waals surface area contributed by atoms with Gasteiger partial charge in [-0.25, -0.2) is 8.42 Å². The molecule has 0 saturated carbocycles. The van der Waals surface area contributed by atoms with Gasteiger partial charge < -0.3 is 4.74 Å². The van der Waals surface area contributed by atoms with Gasteiger partial charge in [0.05, 0.1) is 10.5 Å². The Kier molecular flexibility index (Phi) is 4.48. The van der Waals surface area contributed by atoms with Crippen LogP contribution < -0.4 is 4.74 Å². The quantitative estimate of drug-likeness (QED) is 0.802. The summed E-state index contributed by atoms with van der Waals surface area (Å²) in [6, 6.07) is 3.16. The Morgan fingerprint density at radius 3 is 2.25 bits per heavy atom. The van der Waals surface area contributed by atoms with Crippen molar-refractivity contribution in [3.63, 3.8) is 0 Å². The molecule has 0 N–H and O–H groups in total. The van der Waals surface area contributed by atoms with Gasteiger partial charge in [0.1, 0.15) is 5.75 Å². The molecule has 0 aromatic heterocycles. The maximum Gasteiger partial charge on any atom is 0.425 e. The van der Waals surface area contributed by atoms with Crippen LogP contribution in [-0.4, -0.2) is 32.7 Å². The number of sulfone groups is 1. The topological polar surface area (TPSA) is 60.4 Å². The number of hydrogen-bond donors (Lipinski definition) is 0. The van der Waals surface area contributed by atoms with Crippen molar-refractivity contribution in [3.8, 4) is 5.75 Å². The van der Waals surface area contributed by atoms with Crippen LogP contribution in [0.5, 0.6) is 5.75 Å². The molecule has 0 heterocycles. The van der Waals surface area contributed by atoms with Gasteiger partial charge >= 0.3 is 6.18 Å². The van der Waals surface area contributed by atoms with Crippen LogP contribution in [0.25, 0.3) is 0 Å². The van der Waals surface area contributed by atoms with Gasteiger partial charge in [-0.15, -0.1) is 0 Å². The highest BCUT2D eigenvalue weighted by molar-refractivity contribution is 7.90. The molecule has 1 aromatic carbocycles. The van der Waals surface area contributed by atoms with E-state index in [0.29, 0.717) is 0 Å². The minimum absolute atomic E-state index is 0.158. The molecule has 4 nitrogen and oxygen atoms in total. The SMILES string of the molecule is CC(=O)c1cc(S(C)(=O)=O)ccc1OC(C)C(F)(F)F. The lowest BCUT2D eigenvalue weighted by Gasteiger charge is -2.19. The molecule has 0 bridgehead atoms. The maximum atomic E-state index is 12.4. The number of benzene rings is 1. The Bertz CT molecular complexity index is 620. The highest BCUT2D eigenvalue weighted by Crippen LogP contribution is 2.29. The average Bonchev–Trinajstić information content (AvgIpc) is 2.26. The van der Waals surface area contributed by atoms with Gasteiger partial charge in [0, 0.05) is 6.26 Å². The van der Waals surface area contributed by atoms with E-state index in [2.05, 4.69) is 0 Å². The Morgan fingerprint density at radius 2 is 1.85 bits per heavy atom. The standard InChI is InChI=1S/C12H13F3O4S/c1-7(16)10-6-9(20(3,17)18)4-5-11(10)19-8(2)12(13,14)15/h4-6,8H,1-3H3. The first kappa shape index (κ1) is 16.5. The zero-order chi connectivity index (χ0) is 15.7. The Hall–Kier alpha value is -1.57. The number of halogens is 3.